The van der Waals surface area contributed by atoms with E-state index in [1.807, 2.05) is 0 Å². The van der Waals surface area contributed by atoms with Crippen LogP contribution in [0.1, 0.15) is 41.7 Å². The van der Waals surface area contributed by atoms with Crippen LogP contribution in [0.15, 0.2) is 48.5 Å². The van der Waals surface area contributed by atoms with E-state index in [1.165, 1.54) is 6.92 Å². The Morgan fingerprint density at radius 1 is 1.00 bits per heavy atom. The maximum absolute atomic E-state index is 12.9. The minimum absolute atomic E-state index is 0.0150. The average molecular weight is 435 g/mol. The predicted molar refractivity (Wildman–Crippen MR) is 95.2 cm³/mol. The van der Waals surface area contributed by atoms with Crippen molar-refractivity contribution in [2.75, 3.05) is 0 Å². The number of alkyl halides is 6. The molecule has 30 heavy (non-hydrogen) atoms. The van der Waals surface area contributed by atoms with Gasteiger partial charge in [-0.2, -0.15) is 26.3 Å². The summed E-state index contributed by atoms with van der Waals surface area (Å²) in [5.41, 5.74) is -2.86. The number of rotatable bonds is 6. The molecule has 2 aromatic carbocycles. The third-order valence-electron chi connectivity index (χ3n) is 4.15. The summed E-state index contributed by atoms with van der Waals surface area (Å²) < 4.78 is 82.6. The lowest BCUT2D eigenvalue weighted by Crippen LogP contribution is -2.34. The molecule has 1 amide bonds. The number of nitrogens with one attached hydrogen (secondary N) is 1. The summed E-state index contributed by atoms with van der Waals surface area (Å²) in [5, 5.41) is 12.5. The molecule has 2 N–H and O–H groups in total. The van der Waals surface area contributed by atoms with Crippen molar-refractivity contribution in [3.8, 4) is 0 Å². The number of benzene rings is 2. The number of hydrogen-bond donors (Lipinski definition) is 2. The van der Waals surface area contributed by atoms with Crippen molar-refractivity contribution >= 4 is 6.09 Å². The predicted octanol–water partition coefficient (Wildman–Crippen LogP) is 5.46. The molecule has 0 bridgehead atoms. The molecule has 0 heterocycles. The van der Waals surface area contributed by atoms with Gasteiger partial charge in [0.15, 0.2) is 0 Å². The number of alkyl carbamates (subject to hydrolysis) is 1. The second-order valence-electron chi connectivity index (χ2n) is 6.70. The summed E-state index contributed by atoms with van der Waals surface area (Å²) in [4.78, 5) is 11.8. The largest absolute Gasteiger partial charge is 0.445 e. The standard InChI is InChI=1S/C20H19F6NO3/c1-12(27-18(29)30-11-13-5-3-2-4-6-13)7-17(28)14-8-15(19(21,22)23)10-16(9-14)20(24,25)26/h2-6,8-10,12,17,28H,7,11H2,1H3,(H,27,29). The molecule has 4 nitrogen and oxygen atoms in total. The van der Waals surface area contributed by atoms with Gasteiger partial charge in [-0.3, -0.25) is 0 Å². The molecular formula is C20H19F6NO3. The molecule has 164 valence electrons. The lowest BCUT2D eigenvalue weighted by Gasteiger charge is -2.20. The third kappa shape index (κ3) is 6.94. The molecule has 0 aromatic heterocycles. The monoisotopic (exact) mass is 435 g/mol. The van der Waals surface area contributed by atoms with Crippen molar-refractivity contribution in [3.05, 3.63) is 70.8 Å². The smallest absolute Gasteiger partial charge is 0.416 e. The van der Waals surface area contributed by atoms with Crippen LogP contribution in [0.5, 0.6) is 0 Å². The van der Waals surface area contributed by atoms with Gasteiger partial charge in [-0.15, -0.1) is 0 Å². The number of halogens is 6. The van der Waals surface area contributed by atoms with E-state index >= 15 is 0 Å². The van der Waals surface area contributed by atoms with E-state index in [2.05, 4.69) is 5.32 Å². The first kappa shape index (κ1) is 23.5. The highest BCUT2D eigenvalue weighted by atomic mass is 19.4. The highest BCUT2D eigenvalue weighted by molar-refractivity contribution is 5.67. The number of hydrogen-bond acceptors (Lipinski definition) is 3. The van der Waals surface area contributed by atoms with Gasteiger partial charge in [-0.1, -0.05) is 30.3 Å². The molecule has 0 aliphatic rings. The highest BCUT2D eigenvalue weighted by Gasteiger charge is 2.37. The van der Waals surface area contributed by atoms with Crippen molar-refractivity contribution in [2.45, 2.75) is 44.4 Å². The van der Waals surface area contributed by atoms with Crippen molar-refractivity contribution in [3.63, 3.8) is 0 Å². The Balaban J connectivity index is 2.03. The molecule has 2 rings (SSSR count). The molecule has 0 aliphatic heterocycles. The zero-order valence-corrected chi connectivity index (χ0v) is 15.7. The van der Waals surface area contributed by atoms with Crippen LogP contribution in [0.3, 0.4) is 0 Å². The molecule has 0 radical (unpaired) electrons. The summed E-state index contributed by atoms with van der Waals surface area (Å²) >= 11 is 0. The molecular weight excluding hydrogens is 416 g/mol. The molecule has 0 fully saturated rings. The summed E-state index contributed by atoms with van der Waals surface area (Å²) in [6.07, 6.45) is -12.8. The van der Waals surface area contributed by atoms with E-state index in [0.717, 1.165) is 5.56 Å². The summed E-state index contributed by atoms with van der Waals surface area (Å²) in [7, 11) is 0. The van der Waals surface area contributed by atoms with E-state index in [-0.39, 0.29) is 19.1 Å². The van der Waals surface area contributed by atoms with E-state index in [1.54, 1.807) is 30.3 Å². The van der Waals surface area contributed by atoms with Crippen LogP contribution in [0, 0.1) is 0 Å². The summed E-state index contributed by atoms with van der Waals surface area (Å²) in [5.74, 6) is 0. The number of carbonyl (C=O) groups excluding carboxylic acids is 1. The van der Waals surface area contributed by atoms with Gasteiger partial charge in [0.05, 0.1) is 17.2 Å². The van der Waals surface area contributed by atoms with Gasteiger partial charge >= 0.3 is 18.4 Å². The zero-order chi connectivity index (χ0) is 22.5. The first-order valence-electron chi connectivity index (χ1n) is 8.81. The first-order valence-corrected chi connectivity index (χ1v) is 8.81. The van der Waals surface area contributed by atoms with Crippen LogP contribution in [-0.2, 0) is 23.7 Å². The van der Waals surface area contributed by atoms with Gasteiger partial charge in [0.25, 0.3) is 0 Å². The second kappa shape index (κ2) is 9.38. The Kier molecular flexibility index (Phi) is 7.35. The molecule has 2 unspecified atom stereocenters. The molecule has 2 atom stereocenters. The fraction of sp³-hybridized carbons (Fsp3) is 0.350. The number of aliphatic hydroxyl groups is 1. The van der Waals surface area contributed by atoms with Crippen molar-refractivity contribution < 1.29 is 41.0 Å². The van der Waals surface area contributed by atoms with Gasteiger partial charge in [-0.25, -0.2) is 4.79 Å². The van der Waals surface area contributed by atoms with E-state index in [9.17, 15) is 36.2 Å². The molecule has 0 saturated heterocycles. The minimum Gasteiger partial charge on any atom is -0.445 e. The minimum atomic E-state index is -5.01. The zero-order valence-electron chi connectivity index (χ0n) is 15.7. The van der Waals surface area contributed by atoms with Gasteiger partial charge in [0, 0.05) is 6.04 Å². The fourth-order valence-electron chi connectivity index (χ4n) is 2.67. The maximum atomic E-state index is 12.9. The molecule has 10 heteroatoms. The maximum Gasteiger partial charge on any atom is 0.416 e. The highest BCUT2D eigenvalue weighted by Crippen LogP contribution is 2.38. The Bertz CT molecular complexity index is 820. The third-order valence-corrected chi connectivity index (χ3v) is 4.15. The van der Waals surface area contributed by atoms with Crippen LogP contribution in [0.25, 0.3) is 0 Å². The van der Waals surface area contributed by atoms with Crippen LogP contribution in [0.2, 0.25) is 0 Å². The quantitative estimate of drug-likeness (QED) is 0.593. The molecule has 0 aliphatic carbocycles. The fourth-order valence-corrected chi connectivity index (χ4v) is 2.67. The number of ether oxygens (including phenoxy) is 1. The molecule has 2 aromatic rings. The molecule has 0 saturated carbocycles. The summed E-state index contributed by atoms with van der Waals surface area (Å²) in [6, 6.07) is 8.86. The van der Waals surface area contributed by atoms with Gasteiger partial charge in [0.1, 0.15) is 6.61 Å². The first-order chi connectivity index (χ1) is 13.9. The van der Waals surface area contributed by atoms with E-state index in [4.69, 9.17) is 4.74 Å². The lowest BCUT2D eigenvalue weighted by molar-refractivity contribution is -0.143. The Morgan fingerprint density at radius 3 is 2.03 bits per heavy atom. The lowest BCUT2D eigenvalue weighted by atomic mass is 9.97. The molecule has 0 spiro atoms. The van der Waals surface area contributed by atoms with E-state index in [0.29, 0.717) is 12.1 Å². The number of amides is 1. The van der Waals surface area contributed by atoms with Gasteiger partial charge < -0.3 is 15.2 Å². The van der Waals surface area contributed by atoms with Crippen LogP contribution >= 0.6 is 0 Å². The van der Waals surface area contributed by atoms with Gasteiger partial charge in [0.2, 0.25) is 0 Å². The van der Waals surface area contributed by atoms with Crippen molar-refractivity contribution in [1.82, 2.24) is 5.32 Å². The second-order valence-corrected chi connectivity index (χ2v) is 6.70. The van der Waals surface area contributed by atoms with Crippen molar-refractivity contribution in [2.24, 2.45) is 0 Å². The van der Waals surface area contributed by atoms with Crippen molar-refractivity contribution in [1.29, 1.82) is 0 Å². The summed E-state index contributed by atoms with van der Waals surface area (Å²) in [6.45, 7) is 1.41. The van der Waals surface area contributed by atoms with Crippen LogP contribution < -0.4 is 5.32 Å². The Morgan fingerprint density at radius 2 is 1.53 bits per heavy atom. The average Bonchev–Trinajstić information content (AvgIpc) is 2.65. The Labute approximate surface area is 168 Å². The van der Waals surface area contributed by atoms with Crippen LogP contribution in [0.4, 0.5) is 31.1 Å². The van der Waals surface area contributed by atoms with E-state index < -0.39 is 47.3 Å². The topological polar surface area (TPSA) is 58.6 Å². The van der Waals surface area contributed by atoms with Crippen LogP contribution in [-0.4, -0.2) is 17.2 Å². The number of aliphatic hydroxyl groups excluding tert-OH is 1. The number of carbonyl (C=O) groups is 1. The Hall–Kier alpha value is -2.75. The SMILES string of the molecule is CC(CC(O)c1cc(C(F)(F)F)cc(C(F)(F)F)c1)NC(=O)OCc1ccccc1. The van der Waals surface area contributed by atoms with Gasteiger partial charge in [-0.05, 0) is 42.7 Å². The normalized spacial score (nSPS) is 14.1.